The van der Waals surface area contributed by atoms with Crippen molar-refractivity contribution in [3.63, 3.8) is 0 Å². The fourth-order valence-corrected chi connectivity index (χ4v) is 3.85. The largest absolute Gasteiger partial charge is 0.349 e. The molecule has 3 aromatic rings. The molecule has 1 N–H and O–H groups in total. The molecule has 2 heterocycles. The molecule has 1 aliphatic carbocycles. The van der Waals surface area contributed by atoms with E-state index in [9.17, 15) is 9.59 Å². The van der Waals surface area contributed by atoms with E-state index in [1.807, 2.05) is 19.1 Å². The van der Waals surface area contributed by atoms with E-state index >= 15 is 0 Å². The number of carbonyl (C=O) groups excluding carboxylic acids is 1. The predicted octanol–water partition coefficient (Wildman–Crippen LogP) is 3.54. The van der Waals surface area contributed by atoms with Crippen molar-refractivity contribution in [1.29, 1.82) is 0 Å². The maximum atomic E-state index is 12.9. The van der Waals surface area contributed by atoms with Gasteiger partial charge in [-0.2, -0.15) is 0 Å². The summed E-state index contributed by atoms with van der Waals surface area (Å²) in [5.41, 5.74) is 2.77. The van der Waals surface area contributed by atoms with Crippen LogP contribution < -0.4 is 10.9 Å². The maximum absolute atomic E-state index is 12.9. The van der Waals surface area contributed by atoms with E-state index < -0.39 is 0 Å². The quantitative estimate of drug-likeness (QED) is 0.755. The number of pyridine rings is 1. The second-order valence-electron chi connectivity index (χ2n) is 7.24. The van der Waals surface area contributed by atoms with E-state index in [-0.39, 0.29) is 17.5 Å². The van der Waals surface area contributed by atoms with E-state index in [1.54, 1.807) is 35.0 Å². The molecule has 2 aromatic heterocycles. The van der Waals surface area contributed by atoms with Crippen LogP contribution in [0.5, 0.6) is 0 Å². The summed E-state index contributed by atoms with van der Waals surface area (Å²) in [6.45, 7) is 2.43. The molecule has 0 spiro atoms. The minimum absolute atomic E-state index is 0.0555. The third kappa shape index (κ3) is 3.54. The fourth-order valence-electron chi connectivity index (χ4n) is 3.85. The number of aromatic nitrogens is 3. The van der Waals surface area contributed by atoms with Gasteiger partial charge in [0.1, 0.15) is 11.2 Å². The van der Waals surface area contributed by atoms with Gasteiger partial charge in [0.05, 0.1) is 0 Å². The lowest BCUT2D eigenvalue weighted by Crippen LogP contribution is -2.36. The van der Waals surface area contributed by atoms with Gasteiger partial charge in [0.25, 0.3) is 11.5 Å². The first-order valence-corrected chi connectivity index (χ1v) is 9.94. The molecule has 6 heteroatoms. The van der Waals surface area contributed by atoms with Gasteiger partial charge in [0.2, 0.25) is 0 Å². The summed E-state index contributed by atoms with van der Waals surface area (Å²) in [7, 11) is 0. The Kier molecular flexibility index (Phi) is 5.19. The molecule has 1 aromatic carbocycles. The van der Waals surface area contributed by atoms with Crippen molar-refractivity contribution >= 4 is 17.1 Å². The van der Waals surface area contributed by atoms with Gasteiger partial charge in [0, 0.05) is 29.9 Å². The van der Waals surface area contributed by atoms with Gasteiger partial charge in [-0.25, -0.2) is 9.97 Å². The molecule has 0 atom stereocenters. The molecule has 4 rings (SSSR count). The van der Waals surface area contributed by atoms with Crippen LogP contribution in [-0.4, -0.2) is 26.5 Å². The van der Waals surface area contributed by atoms with Gasteiger partial charge in [0.15, 0.2) is 5.65 Å². The van der Waals surface area contributed by atoms with Crippen LogP contribution in [0.4, 0.5) is 0 Å². The lowest BCUT2D eigenvalue weighted by molar-refractivity contribution is 0.0927. The third-order valence-corrected chi connectivity index (χ3v) is 5.38. The van der Waals surface area contributed by atoms with Gasteiger partial charge in [-0.05, 0) is 44.0 Å². The number of hydrogen-bond donors (Lipinski definition) is 1. The minimum Gasteiger partial charge on any atom is -0.349 e. The summed E-state index contributed by atoms with van der Waals surface area (Å²) in [6.07, 6.45) is 7.37. The van der Waals surface area contributed by atoms with Crippen LogP contribution in [0.1, 0.15) is 49.4 Å². The zero-order valence-electron chi connectivity index (χ0n) is 16.0. The SMILES string of the molecule is CCn1c(=O)c(-c2ccc(C(=O)NC3CCCCC3)cc2)nc2cccnc21. The van der Waals surface area contributed by atoms with Gasteiger partial charge in [-0.1, -0.05) is 31.4 Å². The zero-order valence-corrected chi connectivity index (χ0v) is 16.0. The topological polar surface area (TPSA) is 76.9 Å². The first-order chi connectivity index (χ1) is 13.7. The molecule has 144 valence electrons. The molecule has 1 saturated carbocycles. The average Bonchev–Trinajstić information content (AvgIpc) is 2.74. The van der Waals surface area contributed by atoms with Crippen LogP contribution in [0, 0.1) is 0 Å². The summed E-state index contributed by atoms with van der Waals surface area (Å²) in [5.74, 6) is -0.0555. The van der Waals surface area contributed by atoms with E-state index in [1.165, 1.54) is 19.3 Å². The number of nitrogens with zero attached hydrogens (tertiary/aromatic N) is 3. The second-order valence-corrected chi connectivity index (χ2v) is 7.24. The molecule has 6 nitrogen and oxygen atoms in total. The van der Waals surface area contributed by atoms with Crippen LogP contribution in [0.15, 0.2) is 47.4 Å². The highest BCUT2D eigenvalue weighted by atomic mass is 16.1. The molecule has 0 radical (unpaired) electrons. The number of nitrogens with one attached hydrogen (secondary N) is 1. The van der Waals surface area contributed by atoms with Crippen LogP contribution in [0.25, 0.3) is 22.4 Å². The minimum atomic E-state index is -0.173. The van der Waals surface area contributed by atoms with Crippen molar-refractivity contribution in [3.05, 3.63) is 58.5 Å². The fraction of sp³-hybridized carbons (Fsp3) is 0.364. The van der Waals surface area contributed by atoms with Crippen molar-refractivity contribution in [2.24, 2.45) is 0 Å². The van der Waals surface area contributed by atoms with Crippen molar-refractivity contribution in [3.8, 4) is 11.3 Å². The lowest BCUT2D eigenvalue weighted by atomic mass is 9.95. The predicted molar refractivity (Wildman–Crippen MR) is 109 cm³/mol. The number of fused-ring (bicyclic) bond motifs is 1. The van der Waals surface area contributed by atoms with Crippen molar-refractivity contribution < 1.29 is 4.79 Å². The second kappa shape index (κ2) is 7.92. The molecule has 1 amide bonds. The average molecular weight is 376 g/mol. The molecular weight excluding hydrogens is 352 g/mol. The monoisotopic (exact) mass is 376 g/mol. The molecular formula is C22H24N4O2. The first kappa shape index (κ1) is 18.3. The Morgan fingerprint density at radius 3 is 2.61 bits per heavy atom. The highest BCUT2D eigenvalue weighted by molar-refractivity contribution is 5.94. The summed E-state index contributed by atoms with van der Waals surface area (Å²) in [5, 5.41) is 3.12. The standard InChI is InChI=1S/C22H24N4O2/c1-2-26-20-18(9-6-14-23-20)25-19(22(26)28)15-10-12-16(13-11-15)21(27)24-17-7-4-3-5-8-17/h6,9-14,17H,2-5,7-8H2,1H3,(H,24,27). The molecule has 1 aliphatic rings. The van der Waals surface area contributed by atoms with E-state index in [0.717, 1.165) is 12.8 Å². The van der Waals surface area contributed by atoms with Crippen LogP contribution >= 0.6 is 0 Å². The van der Waals surface area contributed by atoms with Crippen molar-refractivity contribution in [1.82, 2.24) is 19.9 Å². The summed E-state index contributed by atoms with van der Waals surface area (Å²) in [6, 6.07) is 11.0. The molecule has 0 bridgehead atoms. The van der Waals surface area contributed by atoms with Gasteiger partial charge in [-0.3, -0.25) is 14.2 Å². The first-order valence-electron chi connectivity index (χ1n) is 9.94. The van der Waals surface area contributed by atoms with Crippen molar-refractivity contribution in [2.75, 3.05) is 0 Å². The molecule has 0 aliphatic heterocycles. The molecule has 0 unspecified atom stereocenters. The van der Waals surface area contributed by atoms with Crippen molar-refractivity contribution in [2.45, 2.75) is 51.6 Å². The summed E-state index contributed by atoms with van der Waals surface area (Å²) in [4.78, 5) is 34.2. The number of amides is 1. The van der Waals surface area contributed by atoms with Gasteiger partial charge in [-0.15, -0.1) is 0 Å². The Morgan fingerprint density at radius 2 is 1.89 bits per heavy atom. The third-order valence-electron chi connectivity index (χ3n) is 5.38. The maximum Gasteiger partial charge on any atom is 0.278 e. The number of carbonyl (C=O) groups is 1. The number of benzene rings is 1. The number of aryl methyl sites for hydroxylation is 1. The van der Waals surface area contributed by atoms with Crippen LogP contribution in [0.3, 0.4) is 0 Å². The van der Waals surface area contributed by atoms with E-state index in [2.05, 4.69) is 15.3 Å². The highest BCUT2D eigenvalue weighted by Crippen LogP contribution is 2.20. The Hall–Kier alpha value is -3.02. The Labute approximate surface area is 163 Å². The Balaban J connectivity index is 1.63. The van der Waals surface area contributed by atoms with Crippen LogP contribution in [-0.2, 0) is 6.54 Å². The van der Waals surface area contributed by atoms with Gasteiger partial charge < -0.3 is 5.32 Å². The molecule has 28 heavy (non-hydrogen) atoms. The zero-order chi connectivity index (χ0) is 19.5. The Morgan fingerprint density at radius 1 is 1.14 bits per heavy atom. The van der Waals surface area contributed by atoms with E-state index in [0.29, 0.717) is 34.5 Å². The summed E-state index contributed by atoms with van der Waals surface area (Å²) >= 11 is 0. The van der Waals surface area contributed by atoms with Gasteiger partial charge >= 0.3 is 0 Å². The normalized spacial score (nSPS) is 14.9. The lowest BCUT2D eigenvalue weighted by Gasteiger charge is -2.22. The smallest absolute Gasteiger partial charge is 0.278 e. The summed E-state index contributed by atoms with van der Waals surface area (Å²) < 4.78 is 1.63. The molecule has 1 fully saturated rings. The molecule has 0 saturated heterocycles. The Bertz CT molecular complexity index is 1050. The van der Waals surface area contributed by atoms with E-state index in [4.69, 9.17) is 0 Å². The van der Waals surface area contributed by atoms with Crippen LogP contribution in [0.2, 0.25) is 0 Å². The number of rotatable bonds is 4. The number of hydrogen-bond acceptors (Lipinski definition) is 4. The highest BCUT2D eigenvalue weighted by Gasteiger charge is 2.17.